The summed E-state index contributed by atoms with van der Waals surface area (Å²) in [6.45, 7) is 3.11. The number of hydrogen-bond donors (Lipinski definition) is 1. The largest absolute Gasteiger partial charge is 0.396 e. The number of terminal acetylenes is 1. The van der Waals surface area contributed by atoms with E-state index in [2.05, 4.69) is 10.8 Å². The minimum Gasteiger partial charge on any atom is -0.396 e. The van der Waals surface area contributed by atoms with Gasteiger partial charge in [-0.3, -0.25) is 4.90 Å². The van der Waals surface area contributed by atoms with Crippen molar-refractivity contribution in [2.24, 2.45) is 5.92 Å². The van der Waals surface area contributed by atoms with E-state index in [9.17, 15) is 0 Å². The second-order valence-electron chi connectivity index (χ2n) is 3.48. The monoisotopic (exact) mass is 203 g/mol. The average molecular weight is 204 g/mol. The highest BCUT2D eigenvalue weighted by Gasteiger charge is 2.15. The van der Waals surface area contributed by atoms with Crippen LogP contribution in [0.15, 0.2) is 0 Å². The van der Waals surface area contributed by atoms with E-state index in [1.807, 2.05) is 0 Å². The summed E-state index contributed by atoms with van der Waals surface area (Å²) in [6, 6.07) is 0. The van der Waals surface area contributed by atoms with Gasteiger partial charge in [0.1, 0.15) is 0 Å². The van der Waals surface area contributed by atoms with Crippen molar-refractivity contribution in [3.63, 3.8) is 0 Å². The zero-order valence-electron chi connectivity index (χ0n) is 7.91. The van der Waals surface area contributed by atoms with Gasteiger partial charge in [-0.25, -0.2) is 0 Å². The van der Waals surface area contributed by atoms with Gasteiger partial charge in [0.15, 0.2) is 0 Å². The fraction of sp³-hybridized carbons (Fsp3) is 0.800. The number of halogens is 1. The topological polar surface area (TPSA) is 23.5 Å². The third kappa shape index (κ3) is 4.52. The summed E-state index contributed by atoms with van der Waals surface area (Å²) in [6.07, 6.45) is 8.84. The van der Waals surface area contributed by atoms with Gasteiger partial charge in [-0.1, -0.05) is 12.3 Å². The van der Waals surface area contributed by atoms with Gasteiger partial charge in [-0.15, -0.1) is 18.8 Å². The van der Waals surface area contributed by atoms with Gasteiger partial charge in [0.05, 0.1) is 6.54 Å². The fourth-order valence-corrected chi connectivity index (χ4v) is 1.74. The maximum Gasteiger partial charge on any atom is 0.0599 e. The molecule has 13 heavy (non-hydrogen) atoms. The molecule has 0 saturated carbocycles. The van der Waals surface area contributed by atoms with Crippen LogP contribution in [0.25, 0.3) is 0 Å². The van der Waals surface area contributed by atoms with Crippen molar-refractivity contribution in [3.05, 3.63) is 0 Å². The molecule has 0 aromatic carbocycles. The molecule has 2 nitrogen and oxygen atoms in total. The molecule has 0 aromatic rings. The molecule has 1 fully saturated rings. The van der Waals surface area contributed by atoms with Gasteiger partial charge >= 0.3 is 0 Å². The lowest BCUT2D eigenvalue weighted by Gasteiger charge is -2.20. The number of likely N-dealkylation sites (tertiary alicyclic amines) is 1. The summed E-state index contributed by atoms with van der Waals surface area (Å²) in [5.41, 5.74) is 0. The highest BCUT2D eigenvalue weighted by Crippen LogP contribution is 2.15. The van der Waals surface area contributed by atoms with Crippen LogP contribution < -0.4 is 0 Å². The van der Waals surface area contributed by atoms with Crippen molar-refractivity contribution >= 4 is 12.4 Å². The van der Waals surface area contributed by atoms with Crippen molar-refractivity contribution in [3.8, 4) is 12.3 Å². The highest BCUT2D eigenvalue weighted by atomic mass is 35.5. The Kier molecular flexibility index (Phi) is 7.07. The van der Waals surface area contributed by atoms with E-state index in [-0.39, 0.29) is 12.4 Å². The standard InChI is InChI=1S/C10H17NO.ClH/c1-2-6-11-7-4-3-5-10(8-11)9-12;/h1,10,12H,3-9H2;1H. The molecule has 1 N–H and O–H groups in total. The third-order valence-electron chi connectivity index (χ3n) is 2.43. The number of aliphatic hydroxyl groups excluding tert-OH is 1. The van der Waals surface area contributed by atoms with E-state index in [4.69, 9.17) is 11.5 Å². The molecule has 76 valence electrons. The number of rotatable bonds is 2. The lowest BCUT2D eigenvalue weighted by atomic mass is 10.1. The van der Waals surface area contributed by atoms with Crippen molar-refractivity contribution in [1.82, 2.24) is 4.90 Å². The van der Waals surface area contributed by atoms with Crippen molar-refractivity contribution in [2.45, 2.75) is 19.3 Å². The molecule has 3 heteroatoms. The number of hydrogen-bond acceptors (Lipinski definition) is 2. The zero-order chi connectivity index (χ0) is 8.81. The Morgan fingerprint density at radius 2 is 2.23 bits per heavy atom. The van der Waals surface area contributed by atoms with Crippen LogP contribution in [-0.2, 0) is 0 Å². The second kappa shape index (κ2) is 7.20. The molecule has 0 amide bonds. The Hall–Kier alpha value is -0.230. The Morgan fingerprint density at radius 1 is 1.46 bits per heavy atom. The molecule has 1 atom stereocenters. The van der Waals surface area contributed by atoms with Gasteiger partial charge < -0.3 is 5.11 Å². The van der Waals surface area contributed by atoms with E-state index in [1.165, 1.54) is 12.8 Å². The van der Waals surface area contributed by atoms with Crippen molar-refractivity contribution < 1.29 is 5.11 Å². The van der Waals surface area contributed by atoms with E-state index in [1.54, 1.807) is 0 Å². The van der Waals surface area contributed by atoms with Crippen LogP contribution in [0.4, 0.5) is 0 Å². The lowest BCUT2D eigenvalue weighted by molar-refractivity contribution is 0.182. The molecule has 0 spiro atoms. The first-order chi connectivity index (χ1) is 5.86. The molecule has 1 aliphatic rings. The van der Waals surface area contributed by atoms with Gasteiger partial charge in [0.25, 0.3) is 0 Å². The van der Waals surface area contributed by atoms with E-state index in [0.29, 0.717) is 12.5 Å². The summed E-state index contributed by atoms with van der Waals surface area (Å²) >= 11 is 0. The molecular formula is C10H18ClNO. The first-order valence-electron chi connectivity index (χ1n) is 4.63. The molecule has 1 aliphatic heterocycles. The van der Waals surface area contributed by atoms with E-state index in [0.717, 1.165) is 26.1 Å². The van der Waals surface area contributed by atoms with Crippen molar-refractivity contribution in [1.29, 1.82) is 0 Å². The van der Waals surface area contributed by atoms with Crippen LogP contribution in [0, 0.1) is 18.3 Å². The fourth-order valence-electron chi connectivity index (χ4n) is 1.74. The van der Waals surface area contributed by atoms with Gasteiger partial charge in [0, 0.05) is 13.2 Å². The smallest absolute Gasteiger partial charge is 0.0599 e. The lowest BCUT2D eigenvalue weighted by Crippen LogP contribution is -2.30. The van der Waals surface area contributed by atoms with Crippen LogP contribution >= 0.6 is 12.4 Å². The Morgan fingerprint density at radius 3 is 2.85 bits per heavy atom. The van der Waals surface area contributed by atoms with E-state index >= 15 is 0 Å². The summed E-state index contributed by atoms with van der Waals surface area (Å²) in [5.74, 6) is 3.10. The Balaban J connectivity index is 0.00000144. The summed E-state index contributed by atoms with van der Waals surface area (Å²) in [5, 5.41) is 9.02. The minimum absolute atomic E-state index is 0. The van der Waals surface area contributed by atoms with Gasteiger partial charge in [-0.2, -0.15) is 0 Å². The predicted octanol–water partition coefficient (Wildman–Crippen LogP) is 1.14. The van der Waals surface area contributed by atoms with Crippen LogP contribution in [0.2, 0.25) is 0 Å². The predicted molar refractivity (Wildman–Crippen MR) is 56.9 cm³/mol. The molecule has 0 aliphatic carbocycles. The SMILES string of the molecule is C#CCN1CCCCC(CO)C1.Cl. The average Bonchev–Trinajstić information content (AvgIpc) is 2.30. The maximum absolute atomic E-state index is 9.02. The number of aliphatic hydroxyl groups is 1. The summed E-state index contributed by atoms with van der Waals surface area (Å²) < 4.78 is 0. The van der Waals surface area contributed by atoms with Crippen LogP contribution in [0.1, 0.15) is 19.3 Å². The van der Waals surface area contributed by atoms with Crippen molar-refractivity contribution in [2.75, 3.05) is 26.2 Å². The zero-order valence-corrected chi connectivity index (χ0v) is 8.72. The highest BCUT2D eigenvalue weighted by molar-refractivity contribution is 5.85. The maximum atomic E-state index is 9.02. The summed E-state index contributed by atoms with van der Waals surface area (Å²) in [7, 11) is 0. The normalized spacial score (nSPS) is 24.2. The second-order valence-corrected chi connectivity index (χ2v) is 3.48. The first kappa shape index (κ1) is 12.8. The van der Waals surface area contributed by atoms with Crippen LogP contribution in [-0.4, -0.2) is 36.2 Å². The molecule has 0 aromatic heterocycles. The Bertz CT molecular complexity index is 167. The molecule has 1 rings (SSSR count). The molecule has 1 heterocycles. The molecule has 0 bridgehead atoms. The minimum atomic E-state index is 0. The Labute approximate surface area is 86.7 Å². The number of nitrogens with zero attached hydrogens (tertiary/aromatic N) is 1. The van der Waals surface area contributed by atoms with E-state index < -0.39 is 0 Å². The third-order valence-corrected chi connectivity index (χ3v) is 2.43. The van der Waals surface area contributed by atoms with Crippen LogP contribution in [0.5, 0.6) is 0 Å². The molecule has 1 saturated heterocycles. The molecular weight excluding hydrogens is 186 g/mol. The molecule has 1 unspecified atom stereocenters. The van der Waals surface area contributed by atoms with Crippen LogP contribution in [0.3, 0.4) is 0 Å². The molecule has 0 radical (unpaired) electrons. The quantitative estimate of drug-likeness (QED) is 0.681. The van der Waals surface area contributed by atoms with Gasteiger partial charge in [-0.05, 0) is 25.3 Å². The first-order valence-corrected chi connectivity index (χ1v) is 4.63. The van der Waals surface area contributed by atoms with Gasteiger partial charge in [0.2, 0.25) is 0 Å². The summed E-state index contributed by atoms with van der Waals surface area (Å²) in [4.78, 5) is 2.26.